The molecule has 2 aromatic rings. The minimum Gasteiger partial charge on any atom is -0.384 e. The number of aliphatic hydroxyl groups excluding tert-OH is 1. The number of aliphatic hydroxyl groups is 1. The normalized spacial score (nSPS) is 22.9. The zero-order chi connectivity index (χ0) is 14.2. The Labute approximate surface area is 126 Å². The van der Waals surface area contributed by atoms with Gasteiger partial charge in [-0.1, -0.05) is 35.9 Å². The van der Waals surface area contributed by atoms with Crippen molar-refractivity contribution in [3.05, 3.63) is 50.9 Å². The molecule has 102 valence electrons. The maximum absolute atomic E-state index is 10.7. The fourth-order valence-corrected chi connectivity index (χ4v) is 3.94. The van der Waals surface area contributed by atoms with E-state index in [9.17, 15) is 10.4 Å². The number of thiazole rings is 1. The van der Waals surface area contributed by atoms with E-state index in [1.165, 1.54) is 17.5 Å². The number of nitrogens with zero attached hydrogens (tertiary/aromatic N) is 2. The highest BCUT2D eigenvalue weighted by atomic mass is 35.5. The number of benzene rings is 1. The fraction of sp³-hybridized carbons (Fsp3) is 0.333. The Morgan fingerprint density at radius 2 is 2.25 bits per heavy atom. The third-order valence-electron chi connectivity index (χ3n) is 3.91. The Hall–Kier alpha value is -1.41. The first kappa shape index (κ1) is 13.6. The molecule has 0 saturated carbocycles. The second-order valence-corrected chi connectivity index (χ2v) is 6.69. The van der Waals surface area contributed by atoms with E-state index >= 15 is 0 Å². The predicted octanol–water partition coefficient (Wildman–Crippen LogP) is 3.63. The third kappa shape index (κ3) is 2.03. The van der Waals surface area contributed by atoms with Gasteiger partial charge in [-0.25, -0.2) is 4.98 Å². The molecule has 0 aliphatic heterocycles. The van der Waals surface area contributed by atoms with E-state index in [-0.39, 0.29) is 0 Å². The number of aromatic nitrogens is 1. The van der Waals surface area contributed by atoms with E-state index in [1.54, 1.807) is 0 Å². The van der Waals surface area contributed by atoms with Crippen LogP contribution in [-0.4, -0.2) is 10.1 Å². The van der Waals surface area contributed by atoms with Gasteiger partial charge >= 0.3 is 0 Å². The highest BCUT2D eigenvalue weighted by Gasteiger charge is 2.45. The van der Waals surface area contributed by atoms with Gasteiger partial charge in [0.25, 0.3) is 0 Å². The summed E-state index contributed by atoms with van der Waals surface area (Å²) in [7, 11) is 0. The van der Waals surface area contributed by atoms with E-state index in [2.05, 4.69) is 11.1 Å². The van der Waals surface area contributed by atoms with Gasteiger partial charge in [-0.3, -0.25) is 0 Å². The van der Waals surface area contributed by atoms with Crippen molar-refractivity contribution < 1.29 is 5.11 Å². The van der Waals surface area contributed by atoms with Crippen molar-refractivity contribution in [2.75, 3.05) is 0 Å². The van der Waals surface area contributed by atoms with Crippen LogP contribution in [-0.2, 0) is 11.8 Å². The highest BCUT2D eigenvalue weighted by Crippen LogP contribution is 2.46. The summed E-state index contributed by atoms with van der Waals surface area (Å²) in [6.07, 6.45) is 3.06. The summed E-state index contributed by atoms with van der Waals surface area (Å²) >= 11 is 7.13. The summed E-state index contributed by atoms with van der Waals surface area (Å²) in [5, 5.41) is 21.0. The van der Waals surface area contributed by atoms with Crippen LogP contribution in [0.5, 0.6) is 0 Å². The van der Waals surface area contributed by atoms with Gasteiger partial charge in [-0.2, -0.15) is 5.26 Å². The van der Waals surface area contributed by atoms with Crippen LogP contribution >= 0.6 is 22.9 Å². The summed E-state index contributed by atoms with van der Waals surface area (Å²) in [5.41, 5.74) is 1.14. The Morgan fingerprint density at radius 1 is 1.45 bits per heavy atom. The topological polar surface area (TPSA) is 56.9 Å². The molecule has 1 aliphatic carbocycles. The van der Waals surface area contributed by atoms with Crippen LogP contribution in [0.15, 0.2) is 30.5 Å². The molecule has 1 aromatic heterocycles. The molecular formula is C15H13ClN2OS. The Morgan fingerprint density at radius 3 is 2.95 bits per heavy atom. The largest absolute Gasteiger partial charge is 0.384 e. The third-order valence-corrected chi connectivity index (χ3v) is 5.08. The Kier molecular flexibility index (Phi) is 3.51. The molecule has 1 aromatic carbocycles. The molecule has 3 rings (SSSR count). The van der Waals surface area contributed by atoms with E-state index in [4.69, 9.17) is 11.6 Å². The van der Waals surface area contributed by atoms with Crippen molar-refractivity contribution in [1.82, 2.24) is 4.98 Å². The smallest absolute Gasteiger partial charge is 0.128 e. The van der Waals surface area contributed by atoms with Crippen molar-refractivity contribution >= 4 is 22.9 Å². The minimum absolute atomic E-state index is 0.508. The molecule has 0 bridgehead atoms. The monoisotopic (exact) mass is 304 g/mol. The van der Waals surface area contributed by atoms with Crippen LogP contribution in [0.3, 0.4) is 0 Å². The molecule has 0 fully saturated rings. The van der Waals surface area contributed by atoms with Crippen molar-refractivity contribution in [3.8, 4) is 6.07 Å². The number of hydrogen-bond acceptors (Lipinski definition) is 4. The van der Waals surface area contributed by atoms with Crippen molar-refractivity contribution in [1.29, 1.82) is 5.26 Å². The summed E-state index contributed by atoms with van der Waals surface area (Å²) in [6.45, 7) is 0. The first-order valence-corrected chi connectivity index (χ1v) is 7.66. The zero-order valence-corrected chi connectivity index (χ0v) is 12.3. The highest BCUT2D eigenvalue weighted by molar-refractivity contribution is 7.15. The number of rotatable bonds is 2. The van der Waals surface area contributed by atoms with E-state index in [0.717, 1.165) is 24.0 Å². The van der Waals surface area contributed by atoms with Crippen LogP contribution in [0.4, 0.5) is 0 Å². The maximum atomic E-state index is 10.7. The molecule has 2 atom stereocenters. The molecule has 1 aliphatic rings. The molecule has 20 heavy (non-hydrogen) atoms. The van der Waals surface area contributed by atoms with Gasteiger partial charge in [0.2, 0.25) is 0 Å². The lowest BCUT2D eigenvalue weighted by atomic mass is 9.67. The predicted molar refractivity (Wildman–Crippen MR) is 78.8 cm³/mol. The summed E-state index contributed by atoms with van der Waals surface area (Å²) in [5.74, 6) is 0. The molecule has 2 unspecified atom stereocenters. The fourth-order valence-electron chi connectivity index (χ4n) is 2.93. The van der Waals surface area contributed by atoms with Crippen molar-refractivity contribution in [2.45, 2.75) is 30.8 Å². The first-order valence-electron chi connectivity index (χ1n) is 6.46. The number of aryl methyl sites for hydroxylation is 1. The number of nitriles is 1. The quantitative estimate of drug-likeness (QED) is 0.921. The number of hydrogen-bond donors (Lipinski definition) is 1. The maximum Gasteiger partial charge on any atom is 0.128 e. The van der Waals surface area contributed by atoms with Crippen LogP contribution in [0.1, 0.15) is 35.1 Å². The Balaban J connectivity index is 2.12. The lowest BCUT2D eigenvalue weighted by molar-refractivity contribution is 0.0993. The Bertz CT molecular complexity index is 679. The van der Waals surface area contributed by atoms with Crippen molar-refractivity contribution in [2.24, 2.45) is 0 Å². The molecular weight excluding hydrogens is 292 g/mol. The van der Waals surface area contributed by atoms with Crippen LogP contribution in [0, 0.1) is 11.3 Å². The zero-order valence-electron chi connectivity index (χ0n) is 10.7. The summed E-state index contributed by atoms with van der Waals surface area (Å²) < 4.78 is 0.524. The molecule has 1 N–H and O–H groups in total. The second kappa shape index (κ2) is 5.17. The molecule has 5 heteroatoms. The lowest BCUT2D eigenvalue weighted by Crippen LogP contribution is -2.36. The van der Waals surface area contributed by atoms with E-state index in [1.807, 2.05) is 24.3 Å². The van der Waals surface area contributed by atoms with Gasteiger partial charge in [0.05, 0.1) is 12.3 Å². The number of halogens is 1. The summed E-state index contributed by atoms with van der Waals surface area (Å²) in [6, 6.07) is 10.2. The van der Waals surface area contributed by atoms with Crippen molar-refractivity contribution in [3.63, 3.8) is 0 Å². The standard InChI is InChI=1S/C15H13ClN2OS/c16-12-8-18-14(20-12)13(19)15(9-17)7-3-5-10-4-1-2-6-11(10)15/h1-2,4,6,8,13,19H,3,5,7H2. The molecule has 0 saturated heterocycles. The van der Waals surface area contributed by atoms with Gasteiger partial charge in [-0.15, -0.1) is 11.3 Å². The summed E-state index contributed by atoms with van der Waals surface area (Å²) in [4.78, 5) is 4.14. The van der Waals surface area contributed by atoms with Gasteiger partial charge < -0.3 is 5.11 Å². The molecule has 1 heterocycles. The van der Waals surface area contributed by atoms with Gasteiger partial charge in [-0.05, 0) is 30.4 Å². The molecule has 0 amide bonds. The van der Waals surface area contributed by atoms with Crippen LogP contribution in [0.25, 0.3) is 0 Å². The van der Waals surface area contributed by atoms with Gasteiger partial charge in [0, 0.05) is 0 Å². The first-order chi connectivity index (χ1) is 9.67. The lowest BCUT2D eigenvalue weighted by Gasteiger charge is -2.36. The molecule has 0 radical (unpaired) electrons. The molecule has 3 nitrogen and oxygen atoms in total. The van der Waals surface area contributed by atoms with E-state index in [0.29, 0.717) is 15.8 Å². The van der Waals surface area contributed by atoms with Crippen LogP contribution in [0.2, 0.25) is 4.34 Å². The van der Waals surface area contributed by atoms with Gasteiger partial charge in [0.1, 0.15) is 20.9 Å². The average Bonchev–Trinajstić information content (AvgIpc) is 2.92. The van der Waals surface area contributed by atoms with Gasteiger partial charge in [0.15, 0.2) is 0 Å². The average molecular weight is 305 g/mol. The second-order valence-electron chi connectivity index (χ2n) is 5.00. The molecule has 0 spiro atoms. The minimum atomic E-state index is -0.938. The SMILES string of the molecule is N#CC1(C(O)c2ncc(Cl)s2)CCCc2ccccc21. The van der Waals surface area contributed by atoms with Crippen LogP contribution < -0.4 is 0 Å². The van der Waals surface area contributed by atoms with E-state index < -0.39 is 11.5 Å². The number of fused-ring (bicyclic) bond motifs is 1.